The Morgan fingerprint density at radius 1 is 1.08 bits per heavy atom. The smallest absolute Gasteiger partial charge is 0.253 e. The maximum absolute atomic E-state index is 11.8. The van der Waals surface area contributed by atoms with E-state index in [4.69, 9.17) is 0 Å². The van der Waals surface area contributed by atoms with Gasteiger partial charge in [0, 0.05) is 31.7 Å². The van der Waals surface area contributed by atoms with Gasteiger partial charge in [-0.2, -0.15) is 0 Å². The minimum Gasteiger partial charge on any atom is -0.355 e. The minimum atomic E-state index is -0.834. The first-order valence-corrected chi connectivity index (χ1v) is 7.72. The second-order valence-corrected chi connectivity index (χ2v) is 5.27. The summed E-state index contributed by atoms with van der Waals surface area (Å²) in [5, 5.41) is 7.47. The number of nitrogens with zero attached hydrogens (tertiary/aromatic N) is 1. The van der Waals surface area contributed by atoms with Crippen LogP contribution in [0, 0.1) is 0 Å². The van der Waals surface area contributed by atoms with Crippen molar-refractivity contribution in [2.75, 3.05) is 19.6 Å². The molecule has 1 heterocycles. The molecule has 24 heavy (non-hydrogen) atoms. The van der Waals surface area contributed by atoms with Crippen molar-refractivity contribution in [3.63, 3.8) is 0 Å². The molecule has 0 radical (unpaired) electrons. The first-order valence-electron chi connectivity index (χ1n) is 7.72. The summed E-state index contributed by atoms with van der Waals surface area (Å²) in [6.45, 7) is 3.70. The van der Waals surface area contributed by atoms with E-state index in [2.05, 4.69) is 16.0 Å². The number of hydrogen-bond acceptors (Lipinski definition) is 5. The lowest BCUT2D eigenvalue weighted by molar-refractivity contribution is -0.137. The number of hydrogen-bond donors (Lipinski definition) is 3. The van der Waals surface area contributed by atoms with Crippen molar-refractivity contribution in [2.45, 2.75) is 32.7 Å². The van der Waals surface area contributed by atoms with Gasteiger partial charge >= 0.3 is 0 Å². The topological polar surface area (TPSA) is 125 Å². The second-order valence-electron chi connectivity index (χ2n) is 5.27. The molecule has 1 unspecified atom stereocenters. The molecular weight excluding hydrogens is 316 g/mol. The number of rotatable bonds is 9. The van der Waals surface area contributed by atoms with E-state index in [1.807, 2.05) is 6.92 Å². The van der Waals surface area contributed by atoms with Gasteiger partial charge in [-0.15, -0.1) is 0 Å². The maximum Gasteiger partial charge on any atom is 0.253 e. The highest BCUT2D eigenvalue weighted by atomic mass is 16.2. The van der Waals surface area contributed by atoms with E-state index in [0.717, 1.165) is 23.5 Å². The zero-order valence-electron chi connectivity index (χ0n) is 13.8. The molecule has 0 aromatic rings. The van der Waals surface area contributed by atoms with Gasteiger partial charge in [-0.3, -0.25) is 28.9 Å². The number of nitrogens with one attached hydrogen (secondary N) is 3. The second kappa shape index (κ2) is 9.43. The number of carbonyl (C=O) groups is 5. The van der Waals surface area contributed by atoms with Gasteiger partial charge in [-0.25, -0.2) is 0 Å². The van der Waals surface area contributed by atoms with Crippen molar-refractivity contribution < 1.29 is 24.0 Å². The Labute approximate surface area is 139 Å². The average molecular weight is 338 g/mol. The molecule has 9 heteroatoms. The predicted molar refractivity (Wildman–Crippen MR) is 84.4 cm³/mol. The van der Waals surface area contributed by atoms with Crippen LogP contribution in [0.5, 0.6) is 0 Å². The summed E-state index contributed by atoms with van der Waals surface area (Å²) in [5.74, 6) is -2.19. The van der Waals surface area contributed by atoms with Gasteiger partial charge in [-0.1, -0.05) is 6.92 Å². The van der Waals surface area contributed by atoms with Crippen molar-refractivity contribution in [3.05, 3.63) is 12.2 Å². The molecule has 1 aliphatic rings. The summed E-state index contributed by atoms with van der Waals surface area (Å²) in [6.07, 6.45) is 2.97. The Kier molecular flexibility index (Phi) is 7.60. The standard InChI is InChI=1S/C15H22N4O5/c1-3-7-16-12(21)9-17-15(24)10(2)18-11(20)6-8-19-13(22)4-5-14(19)23/h4-5,10H,3,6-9H2,1-2H3,(H,16,21)(H,17,24)(H,18,20). The molecule has 0 aromatic carbocycles. The van der Waals surface area contributed by atoms with Gasteiger partial charge in [0.25, 0.3) is 11.8 Å². The monoisotopic (exact) mass is 338 g/mol. The Morgan fingerprint density at radius 2 is 1.71 bits per heavy atom. The molecule has 0 saturated heterocycles. The highest BCUT2D eigenvalue weighted by molar-refractivity contribution is 6.13. The number of amides is 5. The fourth-order valence-electron chi connectivity index (χ4n) is 1.89. The summed E-state index contributed by atoms with van der Waals surface area (Å²) >= 11 is 0. The van der Waals surface area contributed by atoms with Crippen LogP contribution >= 0.6 is 0 Å². The third-order valence-electron chi connectivity index (χ3n) is 3.23. The van der Waals surface area contributed by atoms with Crippen LogP contribution < -0.4 is 16.0 Å². The van der Waals surface area contributed by atoms with E-state index in [0.29, 0.717) is 6.54 Å². The zero-order chi connectivity index (χ0) is 18.1. The molecule has 5 amide bonds. The molecule has 0 saturated carbocycles. The van der Waals surface area contributed by atoms with E-state index >= 15 is 0 Å². The molecule has 1 rings (SSSR count). The van der Waals surface area contributed by atoms with Crippen molar-refractivity contribution in [1.29, 1.82) is 0 Å². The fraction of sp³-hybridized carbons (Fsp3) is 0.533. The summed E-state index contributed by atoms with van der Waals surface area (Å²) < 4.78 is 0. The molecule has 0 spiro atoms. The van der Waals surface area contributed by atoms with Crippen molar-refractivity contribution >= 4 is 29.5 Å². The highest BCUT2D eigenvalue weighted by Crippen LogP contribution is 2.04. The van der Waals surface area contributed by atoms with E-state index in [9.17, 15) is 24.0 Å². The molecule has 0 bridgehead atoms. The summed E-state index contributed by atoms with van der Waals surface area (Å²) in [5.41, 5.74) is 0. The first kappa shape index (κ1) is 19.3. The molecule has 0 aliphatic carbocycles. The fourth-order valence-corrected chi connectivity index (χ4v) is 1.89. The summed E-state index contributed by atoms with van der Waals surface area (Å²) in [6, 6.07) is -0.834. The molecule has 1 atom stereocenters. The van der Waals surface area contributed by atoms with Gasteiger partial charge in [0.05, 0.1) is 6.54 Å². The lowest BCUT2D eigenvalue weighted by Crippen LogP contribution is -2.48. The normalized spacial score (nSPS) is 14.5. The van der Waals surface area contributed by atoms with Crippen LogP contribution in [0.1, 0.15) is 26.7 Å². The Hall–Kier alpha value is -2.71. The van der Waals surface area contributed by atoms with Gasteiger partial charge in [0.2, 0.25) is 17.7 Å². The summed E-state index contributed by atoms with van der Waals surface area (Å²) in [7, 11) is 0. The van der Waals surface area contributed by atoms with Gasteiger partial charge in [0.1, 0.15) is 6.04 Å². The summed E-state index contributed by atoms with van der Waals surface area (Å²) in [4.78, 5) is 58.5. The van der Waals surface area contributed by atoms with Crippen LogP contribution in [0.2, 0.25) is 0 Å². The molecule has 0 aromatic heterocycles. The van der Waals surface area contributed by atoms with Crippen molar-refractivity contribution in [2.24, 2.45) is 0 Å². The molecular formula is C15H22N4O5. The predicted octanol–water partition coefficient (Wildman–Crippen LogP) is -1.55. The first-order chi connectivity index (χ1) is 11.3. The average Bonchev–Trinajstić information content (AvgIpc) is 2.86. The third kappa shape index (κ3) is 6.19. The van der Waals surface area contributed by atoms with Gasteiger partial charge in [-0.05, 0) is 13.3 Å². The molecule has 132 valence electrons. The third-order valence-corrected chi connectivity index (χ3v) is 3.23. The van der Waals surface area contributed by atoms with Gasteiger partial charge < -0.3 is 16.0 Å². The number of imide groups is 1. The van der Waals surface area contributed by atoms with E-state index in [1.165, 1.54) is 6.92 Å². The van der Waals surface area contributed by atoms with Crippen LogP contribution in [0.4, 0.5) is 0 Å². The van der Waals surface area contributed by atoms with Crippen LogP contribution in [-0.4, -0.2) is 60.1 Å². The zero-order valence-corrected chi connectivity index (χ0v) is 13.8. The Bertz CT molecular complexity index is 540. The highest BCUT2D eigenvalue weighted by Gasteiger charge is 2.24. The maximum atomic E-state index is 11.8. The van der Waals surface area contributed by atoms with Crippen LogP contribution in [0.25, 0.3) is 0 Å². The number of carbonyl (C=O) groups excluding carboxylic acids is 5. The largest absolute Gasteiger partial charge is 0.355 e. The molecule has 0 fully saturated rings. The molecule has 9 nitrogen and oxygen atoms in total. The quantitative estimate of drug-likeness (QED) is 0.439. The van der Waals surface area contributed by atoms with Crippen molar-refractivity contribution in [1.82, 2.24) is 20.9 Å². The Balaban J connectivity index is 2.27. The lowest BCUT2D eigenvalue weighted by Gasteiger charge is -2.16. The van der Waals surface area contributed by atoms with E-state index in [1.54, 1.807) is 0 Å². The molecule has 3 N–H and O–H groups in total. The van der Waals surface area contributed by atoms with E-state index in [-0.39, 0.29) is 25.4 Å². The SMILES string of the molecule is CCCNC(=O)CNC(=O)C(C)NC(=O)CCN1C(=O)C=CC1=O. The minimum absolute atomic E-state index is 0.0513. The van der Waals surface area contributed by atoms with Crippen LogP contribution in [-0.2, 0) is 24.0 Å². The van der Waals surface area contributed by atoms with Crippen molar-refractivity contribution in [3.8, 4) is 0 Å². The lowest BCUT2D eigenvalue weighted by atomic mass is 10.2. The molecule has 1 aliphatic heterocycles. The van der Waals surface area contributed by atoms with Crippen LogP contribution in [0.3, 0.4) is 0 Å². The Morgan fingerprint density at radius 3 is 2.29 bits per heavy atom. The van der Waals surface area contributed by atoms with Gasteiger partial charge in [0.15, 0.2) is 0 Å². The van der Waals surface area contributed by atoms with E-state index < -0.39 is 29.7 Å². The van der Waals surface area contributed by atoms with Crippen LogP contribution in [0.15, 0.2) is 12.2 Å².